The molecule has 0 radical (unpaired) electrons. The molecule has 1 rings (SSSR count). The van der Waals surface area contributed by atoms with Crippen molar-refractivity contribution in [2.75, 3.05) is 18.5 Å². The monoisotopic (exact) mass is 274 g/mol. The van der Waals surface area contributed by atoms with E-state index in [1.54, 1.807) is 36.0 Å². The summed E-state index contributed by atoms with van der Waals surface area (Å²) in [4.78, 5) is 0. The molecule has 1 atom stereocenters. The number of thioether (sulfide) groups is 1. The van der Waals surface area contributed by atoms with Crippen LogP contribution in [0.15, 0.2) is 24.3 Å². The number of anilines is 1. The highest BCUT2D eigenvalue weighted by molar-refractivity contribution is 7.99. The Bertz CT molecular complexity index is 460. The maximum Gasteiger partial charge on any atom is 0.215 e. The molecule has 0 aromatic heterocycles. The number of nitrogens with one attached hydrogen (secondary N) is 1. The Morgan fingerprint density at radius 2 is 2.06 bits per heavy atom. The summed E-state index contributed by atoms with van der Waals surface area (Å²) in [6, 6.07) is 7.00. The zero-order valence-electron chi connectivity index (χ0n) is 10.0. The first-order chi connectivity index (χ1) is 7.94. The van der Waals surface area contributed by atoms with Gasteiger partial charge in [0.1, 0.15) is 0 Å². The third-order valence-corrected chi connectivity index (χ3v) is 4.66. The van der Waals surface area contributed by atoms with Gasteiger partial charge < -0.3 is 5.73 Å². The molecule has 0 aliphatic heterocycles. The summed E-state index contributed by atoms with van der Waals surface area (Å²) in [5, 5.41) is 0.262. The first-order valence-electron chi connectivity index (χ1n) is 5.28. The largest absolute Gasteiger partial charge is 0.398 e. The molecule has 0 aliphatic rings. The minimum Gasteiger partial charge on any atom is -0.398 e. The summed E-state index contributed by atoms with van der Waals surface area (Å²) >= 11 is 1.62. The van der Waals surface area contributed by atoms with Gasteiger partial charge in [-0.05, 0) is 17.9 Å². The maximum absolute atomic E-state index is 11.8. The number of hydrogen-bond donors (Lipinski definition) is 2. The second-order valence-corrected chi connectivity index (χ2v) is 6.94. The fraction of sp³-hybridized carbons (Fsp3) is 0.455. The number of rotatable bonds is 6. The number of nitrogen functional groups attached to an aromatic ring is 1. The van der Waals surface area contributed by atoms with Crippen molar-refractivity contribution in [3.63, 3.8) is 0 Å². The van der Waals surface area contributed by atoms with Crippen LogP contribution in [0.1, 0.15) is 12.5 Å². The van der Waals surface area contributed by atoms with E-state index < -0.39 is 10.0 Å². The normalized spacial score (nSPS) is 13.5. The highest BCUT2D eigenvalue weighted by Crippen LogP contribution is 2.13. The molecule has 0 amide bonds. The second kappa shape index (κ2) is 6.28. The summed E-state index contributed by atoms with van der Waals surface area (Å²) in [5.74, 6) is -0.0687. The van der Waals surface area contributed by atoms with E-state index in [-0.39, 0.29) is 11.0 Å². The van der Waals surface area contributed by atoms with Gasteiger partial charge >= 0.3 is 0 Å². The minimum atomic E-state index is -3.31. The van der Waals surface area contributed by atoms with Gasteiger partial charge in [-0.1, -0.05) is 25.1 Å². The summed E-state index contributed by atoms with van der Waals surface area (Å²) in [5.41, 5.74) is 6.86. The van der Waals surface area contributed by atoms with Crippen LogP contribution < -0.4 is 10.5 Å². The number of nitrogens with two attached hydrogens (primary N) is 1. The van der Waals surface area contributed by atoms with Crippen LogP contribution in [-0.2, 0) is 15.8 Å². The van der Waals surface area contributed by atoms with E-state index in [4.69, 9.17) is 5.73 Å². The van der Waals surface area contributed by atoms with Crippen molar-refractivity contribution in [3.05, 3.63) is 29.8 Å². The molecule has 3 N–H and O–H groups in total. The van der Waals surface area contributed by atoms with E-state index in [9.17, 15) is 8.42 Å². The molecule has 4 nitrogen and oxygen atoms in total. The van der Waals surface area contributed by atoms with Gasteiger partial charge in [0.15, 0.2) is 0 Å². The molecule has 0 bridgehead atoms. The fourth-order valence-corrected chi connectivity index (χ4v) is 2.88. The average molecular weight is 274 g/mol. The van der Waals surface area contributed by atoms with Crippen molar-refractivity contribution < 1.29 is 8.42 Å². The lowest BCUT2D eigenvalue weighted by atomic mass is 10.2. The van der Waals surface area contributed by atoms with E-state index in [0.29, 0.717) is 17.8 Å². The summed E-state index contributed by atoms with van der Waals surface area (Å²) in [7, 11) is -3.31. The predicted molar refractivity (Wildman–Crippen MR) is 74.5 cm³/mol. The molecule has 0 spiro atoms. The Balaban J connectivity index is 2.64. The molecule has 1 unspecified atom stereocenters. The molecule has 6 heteroatoms. The zero-order chi connectivity index (χ0) is 12.9. The lowest BCUT2D eigenvalue weighted by Gasteiger charge is -2.11. The highest BCUT2D eigenvalue weighted by Gasteiger charge is 2.14. The van der Waals surface area contributed by atoms with E-state index in [2.05, 4.69) is 4.72 Å². The average Bonchev–Trinajstić information content (AvgIpc) is 2.29. The van der Waals surface area contributed by atoms with Crippen molar-refractivity contribution >= 4 is 27.5 Å². The third kappa shape index (κ3) is 4.97. The highest BCUT2D eigenvalue weighted by atomic mass is 32.2. The van der Waals surface area contributed by atoms with Crippen LogP contribution in [0.25, 0.3) is 0 Å². The van der Waals surface area contributed by atoms with Gasteiger partial charge in [0.2, 0.25) is 10.0 Å². The SMILES string of the molecule is CSC(C)CNS(=O)(=O)Cc1ccccc1N. The van der Waals surface area contributed by atoms with Gasteiger partial charge in [-0.15, -0.1) is 0 Å². The molecule has 1 aromatic carbocycles. The Morgan fingerprint density at radius 3 is 2.65 bits per heavy atom. The molecular weight excluding hydrogens is 256 g/mol. The number of hydrogen-bond acceptors (Lipinski definition) is 4. The molecule has 96 valence electrons. The molecule has 17 heavy (non-hydrogen) atoms. The smallest absolute Gasteiger partial charge is 0.215 e. The zero-order valence-corrected chi connectivity index (χ0v) is 11.6. The quantitative estimate of drug-likeness (QED) is 0.770. The van der Waals surface area contributed by atoms with Crippen LogP contribution in [-0.4, -0.2) is 26.5 Å². The van der Waals surface area contributed by atoms with Crippen LogP contribution in [0.5, 0.6) is 0 Å². The third-order valence-electron chi connectivity index (χ3n) is 2.39. The maximum atomic E-state index is 11.8. The first kappa shape index (κ1) is 14.3. The standard InChI is InChI=1S/C11H18N2O2S2/c1-9(16-2)7-13-17(14,15)8-10-5-3-4-6-11(10)12/h3-6,9,13H,7-8,12H2,1-2H3. The number of para-hydroxylation sites is 1. The summed E-state index contributed by atoms with van der Waals surface area (Å²) < 4.78 is 26.2. The molecular formula is C11H18N2O2S2. The van der Waals surface area contributed by atoms with Crippen molar-refractivity contribution in [1.29, 1.82) is 0 Å². The van der Waals surface area contributed by atoms with Crippen molar-refractivity contribution in [2.24, 2.45) is 0 Å². The molecule has 0 aliphatic carbocycles. The number of sulfonamides is 1. The molecule has 0 heterocycles. The topological polar surface area (TPSA) is 72.2 Å². The van der Waals surface area contributed by atoms with E-state index >= 15 is 0 Å². The Labute approximate surface area is 107 Å². The molecule has 0 fully saturated rings. The van der Waals surface area contributed by atoms with Gasteiger partial charge in [0.05, 0.1) is 5.75 Å². The summed E-state index contributed by atoms with van der Waals surface area (Å²) in [6.07, 6.45) is 1.95. The van der Waals surface area contributed by atoms with Gasteiger partial charge in [-0.25, -0.2) is 13.1 Å². The van der Waals surface area contributed by atoms with Gasteiger partial charge in [0, 0.05) is 17.5 Å². The van der Waals surface area contributed by atoms with Crippen LogP contribution in [0.3, 0.4) is 0 Å². The molecule has 1 aromatic rings. The van der Waals surface area contributed by atoms with Crippen LogP contribution in [0, 0.1) is 0 Å². The Hall–Kier alpha value is -0.720. The lowest BCUT2D eigenvalue weighted by Crippen LogP contribution is -2.30. The first-order valence-corrected chi connectivity index (χ1v) is 8.22. The fourth-order valence-electron chi connectivity index (χ4n) is 1.25. The molecule has 0 saturated carbocycles. The Kier molecular flexibility index (Phi) is 5.30. The van der Waals surface area contributed by atoms with Crippen LogP contribution >= 0.6 is 11.8 Å². The van der Waals surface area contributed by atoms with Gasteiger partial charge in [0.25, 0.3) is 0 Å². The Morgan fingerprint density at radius 1 is 1.41 bits per heavy atom. The lowest BCUT2D eigenvalue weighted by molar-refractivity contribution is 0.580. The van der Waals surface area contributed by atoms with E-state index in [0.717, 1.165) is 0 Å². The van der Waals surface area contributed by atoms with Crippen LogP contribution in [0.4, 0.5) is 5.69 Å². The van der Waals surface area contributed by atoms with E-state index in [1.807, 2.05) is 13.2 Å². The van der Waals surface area contributed by atoms with Crippen LogP contribution in [0.2, 0.25) is 0 Å². The summed E-state index contributed by atoms with van der Waals surface area (Å²) in [6.45, 7) is 2.42. The van der Waals surface area contributed by atoms with E-state index in [1.165, 1.54) is 0 Å². The minimum absolute atomic E-state index is 0.0687. The van der Waals surface area contributed by atoms with Crippen molar-refractivity contribution in [2.45, 2.75) is 17.9 Å². The predicted octanol–water partition coefficient (Wildman–Crippen LogP) is 1.44. The second-order valence-electron chi connectivity index (χ2n) is 3.85. The van der Waals surface area contributed by atoms with Gasteiger partial charge in [-0.3, -0.25) is 0 Å². The molecule has 0 saturated heterocycles. The van der Waals surface area contributed by atoms with Crippen molar-refractivity contribution in [3.8, 4) is 0 Å². The van der Waals surface area contributed by atoms with Gasteiger partial charge in [-0.2, -0.15) is 11.8 Å². The number of benzene rings is 1. The van der Waals surface area contributed by atoms with Crippen molar-refractivity contribution in [1.82, 2.24) is 4.72 Å².